The minimum absolute atomic E-state index is 0.0379. The van der Waals surface area contributed by atoms with Gasteiger partial charge in [-0.2, -0.15) is 0 Å². The Morgan fingerprint density at radius 3 is 1.92 bits per heavy atom. The van der Waals surface area contributed by atoms with E-state index >= 15 is 0 Å². The number of ether oxygens (including phenoxy) is 2. The van der Waals surface area contributed by atoms with Gasteiger partial charge in [0.1, 0.15) is 17.2 Å². The highest BCUT2D eigenvalue weighted by Crippen LogP contribution is 2.15. The van der Waals surface area contributed by atoms with Crippen LogP contribution in [0.3, 0.4) is 0 Å². The summed E-state index contributed by atoms with van der Waals surface area (Å²) in [5.41, 5.74) is -1.14. The van der Waals surface area contributed by atoms with E-state index in [0.717, 1.165) is 0 Å². The predicted molar refractivity (Wildman–Crippen MR) is 97.8 cm³/mol. The maximum atomic E-state index is 12.2. The molecule has 1 heterocycles. The first-order chi connectivity index (χ1) is 11.8. The molecule has 0 unspecified atom stereocenters. The second-order valence-electron chi connectivity index (χ2n) is 8.62. The number of hydrogen-bond acceptors (Lipinski definition) is 5. The second kappa shape index (κ2) is 8.60. The third-order valence-corrected chi connectivity index (χ3v) is 3.62. The smallest absolute Gasteiger partial charge is 0.410 e. The van der Waals surface area contributed by atoms with Crippen molar-refractivity contribution in [2.45, 2.75) is 84.6 Å². The van der Waals surface area contributed by atoms with Crippen LogP contribution in [0.4, 0.5) is 9.59 Å². The molecule has 0 aliphatic carbocycles. The van der Waals surface area contributed by atoms with E-state index in [9.17, 15) is 14.4 Å². The van der Waals surface area contributed by atoms with Crippen molar-refractivity contribution < 1.29 is 23.9 Å². The van der Waals surface area contributed by atoms with Gasteiger partial charge in [-0.15, -0.1) is 0 Å². The van der Waals surface area contributed by atoms with Crippen LogP contribution in [0.15, 0.2) is 0 Å². The van der Waals surface area contributed by atoms with Gasteiger partial charge in [0.15, 0.2) is 0 Å². The fraction of sp³-hybridized carbons (Fsp3) is 0.833. The van der Waals surface area contributed by atoms with Gasteiger partial charge in [-0.05, 0) is 61.3 Å². The number of carbonyl (C=O) groups excluding carboxylic acids is 3. The number of piperidine rings is 1. The fourth-order valence-electron chi connectivity index (χ4n) is 2.41. The number of carbonyl (C=O) groups is 3. The molecule has 0 radical (unpaired) electrons. The molecule has 0 aromatic heterocycles. The van der Waals surface area contributed by atoms with Crippen LogP contribution >= 0.6 is 0 Å². The Labute approximate surface area is 156 Å². The van der Waals surface area contributed by atoms with Crippen LogP contribution in [0.25, 0.3) is 0 Å². The van der Waals surface area contributed by atoms with Crippen molar-refractivity contribution >= 4 is 18.1 Å². The Bertz CT molecular complexity index is 514. The van der Waals surface area contributed by atoms with Gasteiger partial charge in [0.2, 0.25) is 5.91 Å². The molecule has 0 aromatic carbocycles. The second-order valence-corrected chi connectivity index (χ2v) is 8.62. The number of likely N-dealkylation sites (tertiary alicyclic amines) is 1. The van der Waals surface area contributed by atoms with Crippen molar-refractivity contribution in [2.75, 3.05) is 13.1 Å². The molecule has 1 atom stereocenters. The minimum Gasteiger partial charge on any atom is -0.444 e. The van der Waals surface area contributed by atoms with Crippen molar-refractivity contribution in [2.24, 2.45) is 0 Å². The molecule has 1 fully saturated rings. The number of rotatable bonds is 3. The SMILES string of the molecule is C[C@@H](NC(=O)OC(C)(C)C)C(=O)NC1CCN(C(=O)OC(C)(C)C)CC1. The van der Waals surface area contributed by atoms with E-state index in [0.29, 0.717) is 25.9 Å². The Morgan fingerprint density at radius 2 is 1.46 bits per heavy atom. The maximum Gasteiger partial charge on any atom is 0.410 e. The van der Waals surface area contributed by atoms with Crippen LogP contribution in [0.1, 0.15) is 61.3 Å². The van der Waals surface area contributed by atoms with Crippen LogP contribution in [0, 0.1) is 0 Å². The van der Waals surface area contributed by atoms with E-state index in [-0.39, 0.29) is 18.0 Å². The molecule has 0 aromatic rings. The first-order valence-corrected chi connectivity index (χ1v) is 9.04. The van der Waals surface area contributed by atoms with E-state index < -0.39 is 23.3 Å². The highest BCUT2D eigenvalue weighted by molar-refractivity contribution is 5.85. The molecule has 8 heteroatoms. The predicted octanol–water partition coefficient (Wildman–Crippen LogP) is 2.42. The molecule has 8 nitrogen and oxygen atoms in total. The molecule has 150 valence electrons. The molecule has 0 bridgehead atoms. The van der Waals surface area contributed by atoms with Crippen LogP contribution in [-0.4, -0.2) is 59.4 Å². The van der Waals surface area contributed by atoms with Crippen molar-refractivity contribution in [1.82, 2.24) is 15.5 Å². The lowest BCUT2D eigenvalue weighted by molar-refractivity contribution is -0.123. The average Bonchev–Trinajstić information content (AvgIpc) is 2.43. The van der Waals surface area contributed by atoms with E-state index in [1.54, 1.807) is 32.6 Å². The lowest BCUT2D eigenvalue weighted by Crippen LogP contribution is -2.52. The first kappa shape index (κ1) is 22.1. The van der Waals surface area contributed by atoms with Gasteiger partial charge in [-0.3, -0.25) is 4.79 Å². The topological polar surface area (TPSA) is 97.0 Å². The van der Waals surface area contributed by atoms with Gasteiger partial charge in [-0.1, -0.05) is 0 Å². The van der Waals surface area contributed by atoms with Crippen LogP contribution in [-0.2, 0) is 14.3 Å². The van der Waals surface area contributed by atoms with Crippen LogP contribution in [0.5, 0.6) is 0 Å². The Hall–Kier alpha value is -1.99. The highest BCUT2D eigenvalue weighted by Gasteiger charge is 2.29. The van der Waals surface area contributed by atoms with Crippen molar-refractivity contribution in [1.29, 1.82) is 0 Å². The number of nitrogens with one attached hydrogen (secondary N) is 2. The molecule has 1 aliphatic heterocycles. The number of alkyl carbamates (subject to hydrolysis) is 1. The zero-order valence-corrected chi connectivity index (χ0v) is 17.0. The summed E-state index contributed by atoms with van der Waals surface area (Å²) < 4.78 is 10.5. The Morgan fingerprint density at radius 1 is 0.962 bits per heavy atom. The highest BCUT2D eigenvalue weighted by atomic mass is 16.6. The number of hydrogen-bond donors (Lipinski definition) is 2. The first-order valence-electron chi connectivity index (χ1n) is 9.04. The van der Waals surface area contributed by atoms with Gasteiger partial charge in [0, 0.05) is 19.1 Å². The summed E-state index contributed by atoms with van der Waals surface area (Å²) in [6.07, 6.45) is 0.330. The standard InChI is InChI=1S/C18H33N3O5/c1-12(19-15(23)25-17(2,3)4)14(22)20-13-8-10-21(11-9-13)16(24)26-18(5,6)7/h12-13H,8-11H2,1-7H3,(H,19,23)(H,20,22)/t12-/m1/s1. The number of amides is 3. The molecule has 0 spiro atoms. The molecule has 26 heavy (non-hydrogen) atoms. The third kappa shape index (κ3) is 8.40. The summed E-state index contributed by atoms with van der Waals surface area (Å²) in [6.45, 7) is 13.4. The summed E-state index contributed by atoms with van der Waals surface area (Å²) in [7, 11) is 0. The monoisotopic (exact) mass is 371 g/mol. The molecule has 1 aliphatic rings. The Kier molecular flexibility index (Phi) is 7.29. The molecular formula is C18H33N3O5. The zero-order valence-electron chi connectivity index (χ0n) is 17.0. The molecule has 2 N–H and O–H groups in total. The zero-order chi connectivity index (χ0) is 20.1. The quantitative estimate of drug-likeness (QED) is 0.794. The normalized spacial score (nSPS) is 17.3. The van der Waals surface area contributed by atoms with Gasteiger partial charge in [-0.25, -0.2) is 9.59 Å². The maximum absolute atomic E-state index is 12.2. The van der Waals surface area contributed by atoms with Gasteiger partial charge >= 0.3 is 12.2 Å². The van der Waals surface area contributed by atoms with Gasteiger partial charge in [0.05, 0.1) is 0 Å². The fourth-order valence-corrected chi connectivity index (χ4v) is 2.41. The molecule has 1 saturated heterocycles. The van der Waals surface area contributed by atoms with Crippen molar-refractivity contribution in [3.8, 4) is 0 Å². The van der Waals surface area contributed by atoms with E-state index in [2.05, 4.69) is 10.6 Å². The number of nitrogens with zero attached hydrogens (tertiary/aromatic N) is 1. The molecular weight excluding hydrogens is 338 g/mol. The van der Waals surface area contributed by atoms with E-state index in [1.807, 2.05) is 20.8 Å². The van der Waals surface area contributed by atoms with E-state index in [4.69, 9.17) is 9.47 Å². The third-order valence-electron chi connectivity index (χ3n) is 3.62. The van der Waals surface area contributed by atoms with Crippen LogP contribution in [0.2, 0.25) is 0 Å². The van der Waals surface area contributed by atoms with Gasteiger partial charge in [0.25, 0.3) is 0 Å². The molecule has 1 rings (SSSR count). The molecule has 3 amide bonds. The summed E-state index contributed by atoms with van der Waals surface area (Å²) in [4.78, 5) is 37.6. The average molecular weight is 371 g/mol. The van der Waals surface area contributed by atoms with Crippen LogP contribution < -0.4 is 10.6 Å². The lowest BCUT2D eigenvalue weighted by Gasteiger charge is -2.34. The minimum atomic E-state index is -0.700. The lowest BCUT2D eigenvalue weighted by atomic mass is 10.0. The summed E-state index contributed by atoms with van der Waals surface area (Å²) in [6, 6.07) is -0.738. The summed E-state index contributed by atoms with van der Waals surface area (Å²) in [5, 5.41) is 5.43. The molecule has 0 saturated carbocycles. The summed E-state index contributed by atoms with van der Waals surface area (Å²) in [5.74, 6) is -0.272. The Balaban J connectivity index is 2.39. The van der Waals surface area contributed by atoms with Crippen molar-refractivity contribution in [3.05, 3.63) is 0 Å². The van der Waals surface area contributed by atoms with Gasteiger partial charge < -0.3 is 25.0 Å². The van der Waals surface area contributed by atoms with E-state index in [1.165, 1.54) is 0 Å². The van der Waals surface area contributed by atoms with Crippen molar-refractivity contribution in [3.63, 3.8) is 0 Å². The largest absolute Gasteiger partial charge is 0.444 e. The summed E-state index contributed by atoms with van der Waals surface area (Å²) >= 11 is 0.